The van der Waals surface area contributed by atoms with Gasteiger partial charge >= 0.3 is 0 Å². The summed E-state index contributed by atoms with van der Waals surface area (Å²) in [6.07, 6.45) is 0. The van der Waals surface area contributed by atoms with Crippen LogP contribution in [0.4, 0.5) is 5.69 Å². The molecule has 1 aromatic heterocycles. The lowest BCUT2D eigenvalue weighted by Crippen LogP contribution is -1.99. The van der Waals surface area contributed by atoms with Crippen LogP contribution in [0.2, 0.25) is 5.02 Å². The van der Waals surface area contributed by atoms with Gasteiger partial charge in [0.05, 0.1) is 12.2 Å². The van der Waals surface area contributed by atoms with Gasteiger partial charge < -0.3 is 9.73 Å². The van der Waals surface area contributed by atoms with Crippen molar-refractivity contribution in [2.75, 3.05) is 5.32 Å². The highest BCUT2D eigenvalue weighted by molar-refractivity contribution is 9.10. The molecule has 20 heavy (non-hydrogen) atoms. The molecule has 0 atom stereocenters. The lowest BCUT2D eigenvalue weighted by atomic mass is 10.2. The van der Waals surface area contributed by atoms with Crippen LogP contribution in [0.5, 0.6) is 0 Å². The van der Waals surface area contributed by atoms with Crippen LogP contribution < -0.4 is 5.32 Å². The molecule has 0 radical (unpaired) electrons. The molecule has 0 amide bonds. The average molecular weight is 351 g/mol. The fourth-order valence-corrected chi connectivity index (χ4v) is 2.85. The van der Waals surface area contributed by atoms with Crippen molar-refractivity contribution in [2.24, 2.45) is 0 Å². The summed E-state index contributed by atoms with van der Waals surface area (Å²) in [6.45, 7) is 2.60. The number of furan rings is 1. The first-order valence-electron chi connectivity index (χ1n) is 6.30. The van der Waals surface area contributed by atoms with Crippen LogP contribution in [0.3, 0.4) is 0 Å². The maximum Gasteiger partial charge on any atom is 0.134 e. The summed E-state index contributed by atoms with van der Waals surface area (Å²) in [5.41, 5.74) is 2.92. The van der Waals surface area contributed by atoms with Crippen molar-refractivity contribution in [1.82, 2.24) is 0 Å². The molecule has 0 spiro atoms. The van der Waals surface area contributed by atoms with Gasteiger partial charge in [-0.1, -0.05) is 29.8 Å². The lowest BCUT2D eigenvalue weighted by Gasteiger charge is -2.09. The highest BCUT2D eigenvalue weighted by atomic mass is 79.9. The van der Waals surface area contributed by atoms with Gasteiger partial charge in [0.15, 0.2) is 0 Å². The second-order valence-corrected chi connectivity index (χ2v) is 5.95. The van der Waals surface area contributed by atoms with Gasteiger partial charge in [-0.15, -0.1) is 0 Å². The number of aryl methyl sites for hydroxylation is 1. The minimum absolute atomic E-state index is 0.618. The first kappa shape index (κ1) is 13.5. The molecule has 0 aliphatic heterocycles. The third kappa shape index (κ3) is 2.69. The average Bonchev–Trinajstić information content (AvgIpc) is 2.84. The Morgan fingerprint density at radius 1 is 1.20 bits per heavy atom. The lowest BCUT2D eigenvalue weighted by molar-refractivity contribution is 0.559. The van der Waals surface area contributed by atoms with Gasteiger partial charge in [-0.2, -0.15) is 0 Å². The van der Waals surface area contributed by atoms with Crippen LogP contribution in [-0.2, 0) is 6.54 Å². The number of halogens is 2. The minimum Gasteiger partial charge on any atom is -0.459 e. The van der Waals surface area contributed by atoms with Gasteiger partial charge in [0.1, 0.15) is 11.3 Å². The van der Waals surface area contributed by atoms with E-state index in [1.165, 1.54) is 0 Å². The van der Waals surface area contributed by atoms with E-state index in [9.17, 15) is 0 Å². The molecule has 1 heterocycles. The van der Waals surface area contributed by atoms with Crippen molar-refractivity contribution >= 4 is 44.2 Å². The van der Waals surface area contributed by atoms with Crippen molar-refractivity contribution in [3.63, 3.8) is 0 Å². The number of rotatable bonds is 3. The van der Waals surface area contributed by atoms with Crippen LogP contribution in [0.15, 0.2) is 51.4 Å². The van der Waals surface area contributed by atoms with E-state index < -0.39 is 0 Å². The quantitative estimate of drug-likeness (QED) is 0.648. The molecular formula is C16H13BrClNO. The molecule has 0 saturated carbocycles. The predicted octanol–water partition coefficient (Wildman–Crippen LogP) is 5.77. The Balaban J connectivity index is 1.81. The third-order valence-corrected chi connectivity index (χ3v) is 4.24. The van der Waals surface area contributed by atoms with Crippen molar-refractivity contribution in [3.05, 3.63) is 63.3 Å². The Morgan fingerprint density at radius 3 is 2.80 bits per heavy atom. The van der Waals surface area contributed by atoms with Gasteiger partial charge in [-0.05, 0) is 52.7 Å². The molecule has 2 nitrogen and oxygen atoms in total. The Bertz CT molecular complexity index is 733. The summed E-state index contributed by atoms with van der Waals surface area (Å²) in [4.78, 5) is 0. The molecule has 0 aliphatic rings. The first-order chi connectivity index (χ1) is 9.63. The fourth-order valence-electron chi connectivity index (χ4n) is 2.09. The van der Waals surface area contributed by atoms with Gasteiger partial charge in [0, 0.05) is 14.9 Å². The van der Waals surface area contributed by atoms with E-state index in [1.807, 2.05) is 49.4 Å². The number of hydrogen-bond acceptors (Lipinski definition) is 2. The second kappa shape index (κ2) is 5.51. The van der Waals surface area contributed by atoms with E-state index in [0.29, 0.717) is 6.54 Å². The maximum atomic E-state index is 6.15. The molecule has 0 saturated heterocycles. The van der Waals surface area contributed by atoms with Gasteiger partial charge in [0.25, 0.3) is 0 Å². The highest BCUT2D eigenvalue weighted by Gasteiger charge is 2.06. The standard InChI is InChI=1S/C16H13BrClNO/c1-10-6-13(17)15(8-14(10)18)19-9-12-7-11-4-2-3-5-16(11)20-12/h2-8,19H,9H2,1H3. The third-order valence-electron chi connectivity index (χ3n) is 3.18. The smallest absolute Gasteiger partial charge is 0.134 e. The Kier molecular flexibility index (Phi) is 3.72. The Labute approximate surface area is 130 Å². The number of anilines is 1. The number of hydrogen-bond donors (Lipinski definition) is 1. The van der Waals surface area contributed by atoms with E-state index in [4.69, 9.17) is 16.0 Å². The second-order valence-electron chi connectivity index (χ2n) is 4.69. The van der Waals surface area contributed by atoms with E-state index >= 15 is 0 Å². The van der Waals surface area contributed by atoms with Crippen LogP contribution in [0, 0.1) is 6.92 Å². The minimum atomic E-state index is 0.618. The molecule has 3 aromatic rings. The van der Waals surface area contributed by atoms with Crippen LogP contribution in [0.25, 0.3) is 11.0 Å². The highest BCUT2D eigenvalue weighted by Crippen LogP contribution is 2.30. The van der Waals surface area contributed by atoms with Gasteiger partial charge in [0.2, 0.25) is 0 Å². The zero-order valence-corrected chi connectivity index (χ0v) is 13.3. The summed E-state index contributed by atoms with van der Waals surface area (Å²) in [7, 11) is 0. The summed E-state index contributed by atoms with van der Waals surface area (Å²) in [5.74, 6) is 0.898. The van der Waals surface area contributed by atoms with Gasteiger partial charge in [-0.25, -0.2) is 0 Å². The topological polar surface area (TPSA) is 25.2 Å². The predicted molar refractivity (Wildman–Crippen MR) is 87.4 cm³/mol. The van der Waals surface area contributed by atoms with Crippen LogP contribution >= 0.6 is 27.5 Å². The number of fused-ring (bicyclic) bond motifs is 1. The molecule has 4 heteroatoms. The molecule has 0 bridgehead atoms. The molecule has 0 fully saturated rings. The molecule has 3 rings (SSSR count). The normalized spacial score (nSPS) is 10.9. The van der Waals surface area contributed by atoms with Crippen LogP contribution in [0.1, 0.15) is 11.3 Å². The van der Waals surface area contributed by atoms with Crippen molar-refractivity contribution in [3.8, 4) is 0 Å². The van der Waals surface area contributed by atoms with Crippen molar-refractivity contribution in [2.45, 2.75) is 13.5 Å². The van der Waals surface area contributed by atoms with Crippen molar-refractivity contribution < 1.29 is 4.42 Å². The summed E-state index contributed by atoms with van der Waals surface area (Å²) < 4.78 is 6.77. The number of benzene rings is 2. The fraction of sp³-hybridized carbons (Fsp3) is 0.125. The summed E-state index contributed by atoms with van der Waals surface area (Å²) in [6, 6.07) is 14.0. The molecule has 102 valence electrons. The van der Waals surface area contributed by atoms with Gasteiger partial charge in [-0.3, -0.25) is 0 Å². The molecule has 0 aliphatic carbocycles. The monoisotopic (exact) mass is 349 g/mol. The zero-order chi connectivity index (χ0) is 14.1. The molecular weight excluding hydrogens is 338 g/mol. The largest absolute Gasteiger partial charge is 0.459 e. The Hall–Kier alpha value is -1.45. The number of nitrogens with one attached hydrogen (secondary N) is 1. The molecule has 2 aromatic carbocycles. The summed E-state index contributed by atoms with van der Waals surface area (Å²) >= 11 is 9.69. The molecule has 0 unspecified atom stereocenters. The maximum absolute atomic E-state index is 6.15. The number of para-hydroxylation sites is 1. The van der Waals surface area contributed by atoms with Crippen molar-refractivity contribution in [1.29, 1.82) is 0 Å². The first-order valence-corrected chi connectivity index (χ1v) is 7.47. The van der Waals surface area contributed by atoms with E-state index in [0.717, 1.165) is 37.5 Å². The van der Waals surface area contributed by atoms with E-state index in [1.54, 1.807) is 0 Å². The molecule has 1 N–H and O–H groups in total. The van der Waals surface area contributed by atoms with Crippen LogP contribution in [-0.4, -0.2) is 0 Å². The summed E-state index contributed by atoms with van der Waals surface area (Å²) in [5, 5.41) is 5.20. The van der Waals surface area contributed by atoms with E-state index in [-0.39, 0.29) is 0 Å². The van der Waals surface area contributed by atoms with E-state index in [2.05, 4.69) is 21.2 Å². The SMILES string of the molecule is Cc1cc(Br)c(NCc2cc3ccccc3o2)cc1Cl. The zero-order valence-electron chi connectivity index (χ0n) is 10.9. The Morgan fingerprint density at radius 2 is 2.00 bits per heavy atom.